The van der Waals surface area contributed by atoms with Crippen molar-refractivity contribution in [2.75, 3.05) is 12.3 Å². The zero-order valence-electron chi connectivity index (χ0n) is 21.1. The Morgan fingerprint density at radius 3 is 2.83 bits per heavy atom. The summed E-state index contributed by atoms with van der Waals surface area (Å²) in [5.74, 6) is -1.43. The Hall–Kier alpha value is -4.51. The molecule has 2 aromatic carbocycles. The van der Waals surface area contributed by atoms with Crippen LogP contribution >= 0.6 is 11.6 Å². The van der Waals surface area contributed by atoms with E-state index in [1.165, 1.54) is 23.4 Å². The van der Waals surface area contributed by atoms with Gasteiger partial charge in [-0.2, -0.15) is 0 Å². The van der Waals surface area contributed by atoms with Gasteiger partial charge >= 0.3 is 0 Å². The average Bonchev–Trinajstić information content (AvgIpc) is 3.65. The van der Waals surface area contributed by atoms with Crippen molar-refractivity contribution >= 4 is 51.2 Å². The van der Waals surface area contributed by atoms with Gasteiger partial charge in [-0.25, -0.2) is 18.7 Å². The highest BCUT2D eigenvalue weighted by Crippen LogP contribution is 2.34. The van der Waals surface area contributed by atoms with E-state index in [0.717, 1.165) is 16.6 Å². The van der Waals surface area contributed by atoms with Gasteiger partial charge in [0.05, 0.1) is 17.0 Å². The number of nitrogens with one attached hydrogen (secondary N) is 2. The smallest absolute Gasteiger partial charge is 0.243 e. The maximum absolute atomic E-state index is 14.5. The number of anilines is 1. The first-order valence-electron chi connectivity index (χ1n) is 12.6. The number of carbonyl (C=O) groups is 2. The quantitative estimate of drug-likeness (QED) is 0.286. The number of hydrogen-bond acceptors (Lipinski definition) is 5. The van der Waals surface area contributed by atoms with Crippen molar-refractivity contribution in [2.24, 2.45) is 0 Å². The Labute approximate surface area is 231 Å². The van der Waals surface area contributed by atoms with Crippen molar-refractivity contribution < 1.29 is 18.4 Å². The van der Waals surface area contributed by atoms with Gasteiger partial charge < -0.3 is 25.5 Å². The van der Waals surface area contributed by atoms with Crippen molar-refractivity contribution in [3.63, 3.8) is 0 Å². The summed E-state index contributed by atoms with van der Waals surface area (Å²) in [6.07, 6.45) is 1.53. The minimum absolute atomic E-state index is 0.0662. The lowest BCUT2D eigenvalue weighted by Crippen LogP contribution is -2.46. The average molecular weight is 564 g/mol. The van der Waals surface area contributed by atoms with Crippen LogP contribution < -0.4 is 11.1 Å². The number of nitrogens with zero attached hydrogens (tertiary/aromatic N) is 4. The second-order valence-electron chi connectivity index (χ2n) is 9.72. The number of para-hydroxylation sites is 1. The molecule has 0 spiro atoms. The Morgan fingerprint density at radius 2 is 2.00 bits per heavy atom. The number of amides is 2. The van der Waals surface area contributed by atoms with Gasteiger partial charge in [-0.3, -0.25) is 9.59 Å². The van der Waals surface area contributed by atoms with E-state index in [1.807, 2.05) is 30.3 Å². The number of likely N-dealkylation sites (tertiary alicyclic amines) is 1. The molecule has 6 rings (SSSR count). The zero-order valence-corrected chi connectivity index (χ0v) is 21.8. The Balaban J connectivity index is 1.26. The van der Waals surface area contributed by atoms with Crippen molar-refractivity contribution in [1.29, 1.82) is 0 Å². The van der Waals surface area contributed by atoms with Gasteiger partial charge in [0.25, 0.3) is 0 Å². The van der Waals surface area contributed by atoms with Gasteiger partial charge in [0, 0.05) is 46.9 Å². The normalized spacial score (nSPS) is 17.1. The molecule has 40 heavy (non-hydrogen) atoms. The van der Waals surface area contributed by atoms with Crippen LogP contribution in [0, 0.1) is 5.82 Å². The summed E-state index contributed by atoms with van der Waals surface area (Å²) in [7, 11) is 0. The summed E-state index contributed by atoms with van der Waals surface area (Å²) in [6, 6.07) is 13.2. The lowest BCUT2D eigenvalue weighted by molar-refractivity contribution is -0.139. The van der Waals surface area contributed by atoms with Crippen LogP contribution in [0.1, 0.15) is 12.0 Å². The molecule has 1 aliphatic heterocycles. The van der Waals surface area contributed by atoms with Crippen LogP contribution in [-0.4, -0.2) is 55.0 Å². The van der Waals surface area contributed by atoms with Crippen LogP contribution in [-0.2, 0) is 22.7 Å². The SMILES string of the molecule is Nc1ncnc2c1c(-c1cc3ccccc3[nH]1)cn2CC(=O)N1C[C@H](F)C[C@H]1C(=O)NCc1cccc(Cl)c1F. The molecular formula is C28H24ClF2N7O2. The molecule has 1 fully saturated rings. The molecule has 1 aliphatic rings. The van der Waals surface area contributed by atoms with Gasteiger partial charge in [-0.15, -0.1) is 0 Å². The molecule has 4 N–H and O–H groups in total. The van der Waals surface area contributed by atoms with Gasteiger partial charge in [0.1, 0.15) is 42.4 Å². The fraction of sp³-hybridized carbons (Fsp3) is 0.214. The Kier molecular flexibility index (Phi) is 6.59. The van der Waals surface area contributed by atoms with Crippen LogP contribution in [0.25, 0.3) is 33.2 Å². The third-order valence-electron chi connectivity index (χ3n) is 7.17. The van der Waals surface area contributed by atoms with Crippen molar-refractivity contribution in [2.45, 2.75) is 31.7 Å². The molecule has 204 valence electrons. The molecule has 0 aliphatic carbocycles. The van der Waals surface area contributed by atoms with Gasteiger partial charge in [0.2, 0.25) is 11.8 Å². The number of rotatable bonds is 6. The van der Waals surface area contributed by atoms with E-state index in [-0.39, 0.29) is 42.5 Å². The molecule has 0 radical (unpaired) electrons. The number of hydrogen-bond donors (Lipinski definition) is 3. The molecule has 2 atom stereocenters. The van der Waals surface area contributed by atoms with E-state index in [1.54, 1.807) is 16.8 Å². The molecule has 9 nitrogen and oxygen atoms in total. The second kappa shape index (κ2) is 10.2. The topological polar surface area (TPSA) is 122 Å². The Bertz CT molecular complexity index is 1740. The number of carbonyl (C=O) groups excluding carboxylic acids is 2. The summed E-state index contributed by atoms with van der Waals surface area (Å²) < 4.78 is 30.4. The van der Waals surface area contributed by atoms with Crippen LogP contribution in [0.3, 0.4) is 0 Å². The third kappa shape index (κ3) is 4.62. The molecule has 2 amide bonds. The summed E-state index contributed by atoms with van der Waals surface area (Å²) in [5.41, 5.74) is 9.26. The summed E-state index contributed by atoms with van der Waals surface area (Å²) in [5, 5.41) is 4.12. The highest BCUT2D eigenvalue weighted by molar-refractivity contribution is 6.30. The largest absolute Gasteiger partial charge is 0.383 e. The van der Waals surface area contributed by atoms with Crippen molar-refractivity contribution in [3.05, 3.63) is 77.5 Å². The first-order valence-corrected chi connectivity index (χ1v) is 13.0. The van der Waals surface area contributed by atoms with Crippen LogP contribution in [0.5, 0.6) is 0 Å². The molecule has 5 aromatic rings. The number of benzene rings is 2. The van der Waals surface area contributed by atoms with E-state index in [0.29, 0.717) is 16.6 Å². The number of fused-ring (bicyclic) bond motifs is 2. The fourth-order valence-corrected chi connectivity index (χ4v) is 5.42. The van der Waals surface area contributed by atoms with Crippen LogP contribution in [0.4, 0.5) is 14.6 Å². The fourth-order valence-electron chi connectivity index (χ4n) is 5.22. The van der Waals surface area contributed by atoms with E-state index in [9.17, 15) is 18.4 Å². The van der Waals surface area contributed by atoms with Crippen LogP contribution in [0.2, 0.25) is 5.02 Å². The summed E-state index contributed by atoms with van der Waals surface area (Å²) in [6.45, 7) is -0.576. The molecule has 0 saturated carbocycles. The number of nitrogen functional groups attached to an aromatic ring is 1. The number of aromatic amines is 1. The first-order chi connectivity index (χ1) is 19.3. The summed E-state index contributed by atoms with van der Waals surface area (Å²) in [4.78, 5) is 39.5. The standard InChI is InChI=1S/C28H24ClF2N7O2/c29-19-6-3-5-16(25(19)31)10-33-28(40)22-9-17(30)11-38(22)23(39)13-37-12-18(24-26(32)34-14-35-27(24)37)21-8-15-4-1-2-7-20(15)36-21/h1-8,12,14,17,22,36H,9-11,13H2,(H,33,40)(H2,32,34,35)/t17-,22+/m1/s1. The predicted octanol–water partition coefficient (Wildman–Crippen LogP) is 4.21. The molecule has 4 heterocycles. The van der Waals surface area contributed by atoms with E-state index >= 15 is 0 Å². The monoisotopic (exact) mass is 563 g/mol. The first kappa shape index (κ1) is 25.8. The molecule has 0 bridgehead atoms. The minimum Gasteiger partial charge on any atom is -0.383 e. The van der Waals surface area contributed by atoms with Crippen molar-refractivity contribution in [1.82, 2.24) is 29.7 Å². The minimum atomic E-state index is -1.37. The number of H-pyrrole nitrogens is 1. The molecule has 1 saturated heterocycles. The number of aromatic nitrogens is 4. The van der Waals surface area contributed by atoms with Gasteiger partial charge in [-0.05, 0) is 18.2 Å². The Morgan fingerprint density at radius 1 is 1.18 bits per heavy atom. The number of alkyl halides is 1. The summed E-state index contributed by atoms with van der Waals surface area (Å²) >= 11 is 5.82. The van der Waals surface area contributed by atoms with Gasteiger partial charge in [0.15, 0.2) is 0 Å². The lowest BCUT2D eigenvalue weighted by atomic mass is 10.1. The number of nitrogens with two attached hydrogens (primary N) is 1. The molecule has 0 unspecified atom stereocenters. The van der Waals surface area contributed by atoms with Crippen LogP contribution in [0.15, 0.2) is 61.1 Å². The maximum Gasteiger partial charge on any atom is 0.243 e. The van der Waals surface area contributed by atoms with E-state index in [2.05, 4.69) is 20.3 Å². The van der Waals surface area contributed by atoms with E-state index in [4.69, 9.17) is 17.3 Å². The highest BCUT2D eigenvalue weighted by Gasteiger charge is 2.40. The molecular weight excluding hydrogens is 540 g/mol. The third-order valence-corrected chi connectivity index (χ3v) is 7.46. The van der Waals surface area contributed by atoms with E-state index < -0.39 is 29.8 Å². The zero-order chi connectivity index (χ0) is 28.0. The maximum atomic E-state index is 14.5. The van der Waals surface area contributed by atoms with Crippen molar-refractivity contribution in [3.8, 4) is 11.3 Å². The molecule has 3 aromatic heterocycles. The predicted molar refractivity (Wildman–Crippen MR) is 148 cm³/mol. The number of halogens is 3. The second-order valence-corrected chi connectivity index (χ2v) is 10.1. The lowest BCUT2D eigenvalue weighted by Gasteiger charge is -2.24. The molecule has 12 heteroatoms. The van der Waals surface area contributed by atoms with Gasteiger partial charge in [-0.1, -0.05) is 41.9 Å². The highest BCUT2D eigenvalue weighted by atomic mass is 35.5.